The minimum atomic E-state index is -1.50. The molecule has 0 aliphatic heterocycles. The van der Waals surface area contributed by atoms with Crippen LogP contribution in [0.3, 0.4) is 0 Å². The van der Waals surface area contributed by atoms with Crippen LogP contribution in [0, 0.1) is 0 Å². The average molecular weight is 236 g/mol. The number of thiocarbonyl (C=S) groups is 2. The average Bonchev–Trinajstić information content (AvgIpc) is 1.82. The van der Waals surface area contributed by atoms with Gasteiger partial charge in [-0.2, -0.15) is 0 Å². The summed E-state index contributed by atoms with van der Waals surface area (Å²) in [5.41, 5.74) is 9.11. The molecule has 0 saturated carbocycles. The van der Waals surface area contributed by atoms with Crippen LogP contribution in [0.25, 0.3) is 0 Å². The van der Waals surface area contributed by atoms with E-state index in [1.807, 2.05) is 0 Å². The second kappa shape index (κ2) is 12.3. The zero-order valence-corrected chi connectivity index (χ0v) is 10.6. The Bertz CT molecular complexity index is 153. The van der Waals surface area contributed by atoms with Gasteiger partial charge in [-0.05, 0) is 12.2 Å². The number of hydrogen-bond acceptors (Lipinski definition) is 6. The normalized spacial score (nSPS) is 7.62. The first-order valence-corrected chi connectivity index (χ1v) is 3.42. The van der Waals surface area contributed by atoms with Gasteiger partial charge in [0, 0.05) is 5.17 Å². The largest absolute Gasteiger partial charge is 1.00 e. The van der Waals surface area contributed by atoms with Crippen molar-refractivity contribution in [3.8, 4) is 0 Å². The Morgan fingerprint density at radius 2 is 1.69 bits per heavy atom. The first-order chi connectivity index (χ1) is 5.36. The Hall–Kier alpha value is 0.300. The van der Waals surface area contributed by atoms with Gasteiger partial charge >= 0.3 is 29.6 Å². The van der Waals surface area contributed by atoms with Gasteiger partial charge < -0.3 is 31.5 Å². The fraction of sp³-hybridized carbons (Fsp3) is 0.500. The summed E-state index contributed by atoms with van der Waals surface area (Å²) >= 11 is 8.01. The van der Waals surface area contributed by atoms with Crippen LogP contribution in [0.4, 0.5) is 0 Å². The summed E-state index contributed by atoms with van der Waals surface area (Å²) < 4.78 is 4.31. The summed E-state index contributed by atoms with van der Waals surface area (Å²) in [5, 5.41) is 24.3. The molecule has 0 aliphatic carbocycles. The molecular weight excluding hydrogens is 227 g/mol. The Morgan fingerprint density at radius 3 is 1.77 bits per heavy atom. The molecule has 0 aromatic heterocycles. The van der Waals surface area contributed by atoms with Crippen LogP contribution < -0.4 is 46.1 Å². The van der Waals surface area contributed by atoms with E-state index in [0.717, 1.165) is 0 Å². The van der Waals surface area contributed by atoms with Crippen molar-refractivity contribution in [1.29, 1.82) is 0 Å². The second-order valence-corrected chi connectivity index (χ2v) is 2.23. The van der Waals surface area contributed by atoms with Crippen LogP contribution in [0.2, 0.25) is 0 Å². The Kier molecular flexibility index (Phi) is 17.9. The van der Waals surface area contributed by atoms with Gasteiger partial charge in [-0.25, -0.2) is 0 Å². The van der Waals surface area contributed by atoms with Gasteiger partial charge in [-0.15, -0.1) is 0 Å². The Balaban J connectivity index is -0.000000173. The molecule has 13 heavy (non-hydrogen) atoms. The van der Waals surface area contributed by atoms with Crippen molar-refractivity contribution in [2.75, 3.05) is 6.61 Å². The third kappa shape index (κ3) is 46.5. The van der Waals surface area contributed by atoms with E-state index in [0.29, 0.717) is 0 Å². The second-order valence-electron chi connectivity index (χ2n) is 1.43. The first-order valence-electron chi connectivity index (χ1n) is 2.61. The number of rotatable bonds is 2. The van der Waals surface area contributed by atoms with Crippen molar-refractivity contribution in [3.63, 3.8) is 0 Å². The molecule has 0 aromatic rings. The fourth-order valence-corrected chi connectivity index (χ4v) is 0.225. The predicted molar refractivity (Wildman–Crippen MR) is 47.7 cm³/mol. The summed E-state index contributed by atoms with van der Waals surface area (Å²) in [7, 11) is 0. The van der Waals surface area contributed by atoms with Crippen molar-refractivity contribution < 1.29 is 49.6 Å². The molecule has 0 saturated heterocycles. The van der Waals surface area contributed by atoms with Gasteiger partial charge in [-0.1, -0.05) is 12.2 Å². The summed E-state index contributed by atoms with van der Waals surface area (Å²) in [6.45, 7) is -0.269. The summed E-state index contributed by atoms with van der Waals surface area (Å²) in [5.74, 6) is 0. The molecule has 0 spiro atoms. The molecule has 6 nitrogen and oxygen atoms in total. The molecule has 0 fully saturated rings. The van der Waals surface area contributed by atoms with Gasteiger partial charge in [0.25, 0.3) is 5.17 Å². The molecule has 0 aliphatic rings. The van der Waals surface area contributed by atoms with Crippen molar-refractivity contribution in [2.24, 2.45) is 11.5 Å². The SMILES string of the molecule is NC(=S)OCC(O)O.NC([O-])=S.[Na+]. The Morgan fingerprint density at radius 1 is 1.38 bits per heavy atom. The minimum absolute atomic E-state index is 0. The summed E-state index contributed by atoms with van der Waals surface area (Å²) in [6, 6.07) is 0. The molecule has 9 heteroatoms. The van der Waals surface area contributed by atoms with E-state index in [-0.39, 0.29) is 41.3 Å². The molecule has 0 rings (SSSR count). The zero-order chi connectivity index (χ0) is 10.1. The van der Waals surface area contributed by atoms with Crippen molar-refractivity contribution in [3.05, 3.63) is 0 Å². The predicted octanol–water partition coefficient (Wildman–Crippen LogP) is -5.85. The van der Waals surface area contributed by atoms with E-state index in [2.05, 4.69) is 34.9 Å². The maximum atomic E-state index is 9.04. The minimum Gasteiger partial charge on any atom is -0.852 e. The van der Waals surface area contributed by atoms with Gasteiger partial charge in [0.2, 0.25) is 0 Å². The quantitative estimate of drug-likeness (QED) is 0.212. The van der Waals surface area contributed by atoms with Gasteiger partial charge in [0.15, 0.2) is 6.29 Å². The number of ether oxygens (including phenoxy) is 1. The molecule has 0 atom stereocenters. The molecule has 0 amide bonds. The summed E-state index contributed by atoms with van der Waals surface area (Å²) in [6.07, 6.45) is -1.50. The van der Waals surface area contributed by atoms with Crippen LogP contribution >= 0.6 is 24.4 Å². The zero-order valence-electron chi connectivity index (χ0n) is 6.97. The standard InChI is InChI=1S/C3H7NO3S.CH3NOS.Na/c4-3(8)7-1-2(5)6;2-1(3)4;/h2,5-6H,1H2,(H2,4,8);(H3,2,3,4);/q;;+1/p-1. The van der Waals surface area contributed by atoms with E-state index in [4.69, 9.17) is 21.1 Å². The molecular formula is C4H9N2NaO4S2. The number of nitrogens with two attached hydrogens (primary N) is 2. The van der Waals surface area contributed by atoms with E-state index in [1.165, 1.54) is 0 Å². The molecule has 6 N–H and O–H groups in total. The Labute approximate surface area is 108 Å². The first kappa shape index (κ1) is 19.0. The molecule has 0 aromatic carbocycles. The van der Waals surface area contributed by atoms with Crippen molar-refractivity contribution in [1.82, 2.24) is 0 Å². The molecule has 72 valence electrons. The fourth-order valence-electron chi connectivity index (χ4n) is 0.157. The third-order valence-corrected chi connectivity index (χ3v) is 0.493. The molecule has 0 bridgehead atoms. The van der Waals surface area contributed by atoms with Crippen LogP contribution in [0.5, 0.6) is 0 Å². The monoisotopic (exact) mass is 236 g/mol. The van der Waals surface area contributed by atoms with E-state index >= 15 is 0 Å². The van der Waals surface area contributed by atoms with E-state index < -0.39 is 11.5 Å². The van der Waals surface area contributed by atoms with Gasteiger partial charge in [0.1, 0.15) is 6.61 Å². The van der Waals surface area contributed by atoms with Gasteiger partial charge in [-0.3, -0.25) is 0 Å². The molecule has 0 heterocycles. The van der Waals surface area contributed by atoms with Gasteiger partial charge in [0.05, 0.1) is 0 Å². The number of aliphatic hydroxyl groups excluding tert-OH is 1. The van der Waals surface area contributed by atoms with Crippen molar-refractivity contribution in [2.45, 2.75) is 6.29 Å². The van der Waals surface area contributed by atoms with Crippen LogP contribution in [-0.4, -0.2) is 33.5 Å². The van der Waals surface area contributed by atoms with Crippen molar-refractivity contribution >= 4 is 34.8 Å². The maximum absolute atomic E-state index is 9.04. The third-order valence-electron chi connectivity index (χ3n) is 0.375. The molecule has 0 unspecified atom stereocenters. The van der Waals surface area contributed by atoms with E-state index in [9.17, 15) is 0 Å². The smallest absolute Gasteiger partial charge is 0.852 e. The summed E-state index contributed by atoms with van der Waals surface area (Å²) in [4.78, 5) is 0. The number of aliphatic hydroxyl groups is 2. The topological polar surface area (TPSA) is 125 Å². The van der Waals surface area contributed by atoms with Crippen LogP contribution in [0.15, 0.2) is 0 Å². The van der Waals surface area contributed by atoms with Crippen LogP contribution in [0.1, 0.15) is 0 Å². The van der Waals surface area contributed by atoms with Crippen LogP contribution in [-0.2, 0) is 4.74 Å². The van der Waals surface area contributed by atoms with E-state index in [1.54, 1.807) is 0 Å². The number of hydrogen-bond donors (Lipinski definition) is 4. The maximum Gasteiger partial charge on any atom is 1.00 e. The molecule has 0 radical (unpaired) electrons.